The molecular formula is C24H25N3O3. The Morgan fingerprint density at radius 2 is 1.80 bits per heavy atom. The number of amides is 1. The molecule has 0 saturated heterocycles. The van der Waals surface area contributed by atoms with Gasteiger partial charge >= 0.3 is 0 Å². The Kier molecular flexibility index (Phi) is 5.86. The van der Waals surface area contributed by atoms with E-state index in [0.29, 0.717) is 31.0 Å². The standard InChI is InChI=1S/C24H25N3O3/c1-16(29)26-23-14-19-18-7-3-5-9-21(18)27-22(19)15-24(23)30-13-11-25-20-8-4-2-6-17(20)10-12-28/h2-9,14-15,25,27-28H,10-13H2,1H3,(H,26,29). The van der Waals surface area contributed by atoms with Crippen molar-refractivity contribution in [2.24, 2.45) is 0 Å². The van der Waals surface area contributed by atoms with Crippen LogP contribution in [0.3, 0.4) is 0 Å². The van der Waals surface area contributed by atoms with Crippen molar-refractivity contribution in [3.63, 3.8) is 0 Å². The van der Waals surface area contributed by atoms with Gasteiger partial charge in [-0.3, -0.25) is 4.79 Å². The Morgan fingerprint density at radius 1 is 1.00 bits per heavy atom. The van der Waals surface area contributed by atoms with Crippen molar-refractivity contribution >= 4 is 39.1 Å². The molecule has 6 heteroatoms. The molecule has 0 unspecified atom stereocenters. The summed E-state index contributed by atoms with van der Waals surface area (Å²) in [5.74, 6) is 0.477. The topological polar surface area (TPSA) is 86.4 Å². The highest BCUT2D eigenvalue weighted by molar-refractivity contribution is 6.09. The smallest absolute Gasteiger partial charge is 0.221 e. The summed E-state index contributed by atoms with van der Waals surface area (Å²) < 4.78 is 6.02. The zero-order valence-electron chi connectivity index (χ0n) is 16.9. The van der Waals surface area contributed by atoms with E-state index in [1.54, 1.807) is 0 Å². The van der Waals surface area contributed by atoms with Crippen molar-refractivity contribution in [2.45, 2.75) is 13.3 Å². The lowest BCUT2D eigenvalue weighted by molar-refractivity contribution is -0.114. The van der Waals surface area contributed by atoms with Gasteiger partial charge in [-0.1, -0.05) is 36.4 Å². The minimum atomic E-state index is -0.143. The minimum absolute atomic E-state index is 0.111. The number of aliphatic hydroxyl groups is 1. The maximum Gasteiger partial charge on any atom is 0.221 e. The average Bonchev–Trinajstić information content (AvgIpc) is 3.09. The SMILES string of the molecule is CC(=O)Nc1cc2c(cc1OCCNc1ccccc1CCO)[nH]c1ccccc12. The Balaban J connectivity index is 1.53. The molecule has 4 aromatic rings. The molecule has 0 fully saturated rings. The molecule has 0 spiro atoms. The third-order valence-electron chi connectivity index (χ3n) is 4.99. The first kappa shape index (κ1) is 19.8. The van der Waals surface area contributed by atoms with Crippen molar-refractivity contribution in [2.75, 3.05) is 30.4 Å². The van der Waals surface area contributed by atoms with Crippen LogP contribution < -0.4 is 15.4 Å². The van der Waals surface area contributed by atoms with E-state index in [9.17, 15) is 9.90 Å². The van der Waals surface area contributed by atoms with E-state index in [2.05, 4.69) is 21.7 Å². The number of ether oxygens (including phenoxy) is 1. The molecule has 0 aliphatic heterocycles. The zero-order valence-corrected chi connectivity index (χ0v) is 16.9. The summed E-state index contributed by atoms with van der Waals surface area (Å²) in [5.41, 5.74) is 4.71. The fourth-order valence-corrected chi connectivity index (χ4v) is 3.66. The minimum Gasteiger partial charge on any atom is -0.489 e. The van der Waals surface area contributed by atoms with Gasteiger partial charge in [-0.15, -0.1) is 0 Å². The normalized spacial score (nSPS) is 11.0. The number of nitrogens with one attached hydrogen (secondary N) is 3. The van der Waals surface area contributed by atoms with Crippen LogP contribution in [0.5, 0.6) is 5.75 Å². The summed E-state index contributed by atoms with van der Waals surface area (Å²) in [7, 11) is 0. The second-order valence-corrected chi connectivity index (χ2v) is 7.15. The van der Waals surface area contributed by atoms with E-state index in [-0.39, 0.29) is 12.5 Å². The number of anilines is 2. The number of rotatable bonds is 8. The van der Waals surface area contributed by atoms with Gasteiger partial charge in [0.25, 0.3) is 0 Å². The molecule has 1 amide bonds. The Morgan fingerprint density at radius 3 is 2.63 bits per heavy atom. The van der Waals surface area contributed by atoms with Gasteiger partial charge < -0.3 is 25.5 Å². The van der Waals surface area contributed by atoms with Gasteiger partial charge in [0, 0.05) is 48.1 Å². The predicted octanol–water partition coefficient (Wildman–Crippen LogP) is 4.31. The van der Waals surface area contributed by atoms with Crippen molar-refractivity contribution in [3.05, 3.63) is 66.2 Å². The van der Waals surface area contributed by atoms with Crippen LogP contribution in [-0.4, -0.2) is 35.8 Å². The maximum atomic E-state index is 11.7. The number of aromatic nitrogens is 1. The van der Waals surface area contributed by atoms with Crippen LogP contribution in [0, 0.1) is 0 Å². The number of H-pyrrole nitrogens is 1. The number of aromatic amines is 1. The van der Waals surface area contributed by atoms with E-state index in [1.165, 1.54) is 6.92 Å². The third kappa shape index (κ3) is 4.23. The number of hydrogen-bond donors (Lipinski definition) is 4. The van der Waals surface area contributed by atoms with Gasteiger partial charge in [-0.2, -0.15) is 0 Å². The molecule has 4 rings (SSSR count). The molecule has 0 atom stereocenters. The van der Waals surface area contributed by atoms with Gasteiger partial charge in [0.05, 0.1) is 11.2 Å². The lowest BCUT2D eigenvalue weighted by Gasteiger charge is -2.14. The molecule has 0 aliphatic carbocycles. The molecule has 4 N–H and O–H groups in total. The molecular weight excluding hydrogens is 378 g/mol. The molecule has 6 nitrogen and oxygen atoms in total. The number of benzene rings is 3. The number of fused-ring (bicyclic) bond motifs is 3. The lowest BCUT2D eigenvalue weighted by atomic mass is 10.1. The van der Waals surface area contributed by atoms with Gasteiger partial charge in [-0.05, 0) is 30.2 Å². The summed E-state index contributed by atoms with van der Waals surface area (Å²) in [6, 6.07) is 19.9. The van der Waals surface area contributed by atoms with Gasteiger partial charge in [-0.25, -0.2) is 0 Å². The molecule has 3 aromatic carbocycles. The molecule has 1 aromatic heterocycles. The molecule has 30 heavy (non-hydrogen) atoms. The first-order chi connectivity index (χ1) is 14.7. The largest absolute Gasteiger partial charge is 0.489 e. The molecule has 0 bridgehead atoms. The van der Waals surface area contributed by atoms with Crippen LogP contribution in [-0.2, 0) is 11.2 Å². The number of carbonyl (C=O) groups excluding carboxylic acids is 1. The first-order valence-electron chi connectivity index (χ1n) is 10.0. The van der Waals surface area contributed by atoms with Crippen LogP contribution in [0.4, 0.5) is 11.4 Å². The second-order valence-electron chi connectivity index (χ2n) is 7.15. The Hall–Kier alpha value is -3.51. The van der Waals surface area contributed by atoms with Crippen LogP contribution in [0.15, 0.2) is 60.7 Å². The summed E-state index contributed by atoms with van der Waals surface area (Å²) in [6.07, 6.45) is 0.605. The molecule has 0 aliphatic rings. The monoisotopic (exact) mass is 403 g/mol. The highest BCUT2D eigenvalue weighted by atomic mass is 16.5. The van der Waals surface area contributed by atoms with Gasteiger partial charge in [0.1, 0.15) is 12.4 Å². The average molecular weight is 403 g/mol. The van der Waals surface area contributed by atoms with E-state index in [0.717, 1.165) is 33.1 Å². The third-order valence-corrected chi connectivity index (χ3v) is 4.99. The number of carbonyl (C=O) groups is 1. The van der Waals surface area contributed by atoms with Crippen molar-refractivity contribution in [3.8, 4) is 5.75 Å². The van der Waals surface area contributed by atoms with E-state index >= 15 is 0 Å². The van der Waals surface area contributed by atoms with Crippen molar-refractivity contribution in [1.82, 2.24) is 4.98 Å². The van der Waals surface area contributed by atoms with Crippen LogP contribution in [0.2, 0.25) is 0 Å². The van der Waals surface area contributed by atoms with Gasteiger partial charge in [0.15, 0.2) is 0 Å². The molecule has 0 saturated carbocycles. The highest BCUT2D eigenvalue weighted by Gasteiger charge is 2.12. The second kappa shape index (κ2) is 8.88. The Bertz CT molecular complexity index is 1180. The van der Waals surface area contributed by atoms with Crippen LogP contribution >= 0.6 is 0 Å². The van der Waals surface area contributed by atoms with E-state index in [4.69, 9.17) is 4.74 Å². The number of para-hydroxylation sites is 2. The first-order valence-corrected chi connectivity index (χ1v) is 10.0. The van der Waals surface area contributed by atoms with Crippen molar-refractivity contribution in [1.29, 1.82) is 0 Å². The van der Waals surface area contributed by atoms with Crippen molar-refractivity contribution < 1.29 is 14.6 Å². The number of hydrogen-bond acceptors (Lipinski definition) is 4. The molecule has 0 radical (unpaired) electrons. The summed E-state index contributed by atoms with van der Waals surface area (Å²) >= 11 is 0. The van der Waals surface area contributed by atoms with Gasteiger partial charge in [0.2, 0.25) is 5.91 Å². The fraction of sp³-hybridized carbons (Fsp3) is 0.208. The van der Waals surface area contributed by atoms with Crippen LogP contribution in [0.1, 0.15) is 12.5 Å². The number of aliphatic hydroxyl groups excluding tert-OH is 1. The van der Waals surface area contributed by atoms with E-state index < -0.39 is 0 Å². The highest BCUT2D eigenvalue weighted by Crippen LogP contribution is 2.34. The summed E-state index contributed by atoms with van der Waals surface area (Å²) in [4.78, 5) is 15.1. The molecule has 154 valence electrons. The lowest BCUT2D eigenvalue weighted by Crippen LogP contribution is -2.14. The Labute approximate surface area is 174 Å². The maximum absolute atomic E-state index is 11.7. The zero-order chi connectivity index (χ0) is 20.9. The summed E-state index contributed by atoms with van der Waals surface area (Å²) in [6.45, 7) is 2.61. The summed E-state index contributed by atoms with van der Waals surface area (Å²) in [5, 5.41) is 17.6. The quantitative estimate of drug-likeness (QED) is 0.330. The predicted molar refractivity (Wildman–Crippen MR) is 121 cm³/mol. The van der Waals surface area contributed by atoms with Crippen LogP contribution in [0.25, 0.3) is 21.8 Å². The fourth-order valence-electron chi connectivity index (χ4n) is 3.66. The van der Waals surface area contributed by atoms with E-state index in [1.807, 2.05) is 54.6 Å². The molecule has 1 heterocycles.